The highest BCUT2D eigenvalue weighted by molar-refractivity contribution is 5.85. The van der Waals surface area contributed by atoms with Crippen LogP contribution in [0.3, 0.4) is 0 Å². The van der Waals surface area contributed by atoms with Crippen molar-refractivity contribution < 1.29 is 14.6 Å². The topological polar surface area (TPSA) is 49.8 Å². The first-order valence-corrected chi connectivity index (χ1v) is 8.92. The van der Waals surface area contributed by atoms with Gasteiger partial charge in [-0.2, -0.15) is 0 Å². The summed E-state index contributed by atoms with van der Waals surface area (Å²) < 4.78 is 5.58. The molecule has 0 amide bonds. The Morgan fingerprint density at radius 2 is 1.96 bits per heavy atom. The maximum absolute atomic E-state index is 12.9. The van der Waals surface area contributed by atoms with Crippen molar-refractivity contribution >= 4 is 18.4 Å². The van der Waals surface area contributed by atoms with Crippen LogP contribution in [0, 0.1) is 5.92 Å². The molecule has 5 heteroatoms. The van der Waals surface area contributed by atoms with Gasteiger partial charge in [0.1, 0.15) is 6.61 Å². The number of benzene rings is 1. The standard InChI is InChI=1S/C20H27NO3.ClH/c1-21-13-7-8-16(14-21)15-24-19(22)20(23,18-11-5-6-12-18)17-9-3-2-4-10-17;/h2-4,8-10,18,23H,5-7,11-15H2,1H3;1H. The van der Waals surface area contributed by atoms with Gasteiger partial charge in [-0.05, 0) is 37.4 Å². The highest BCUT2D eigenvalue weighted by atomic mass is 35.5. The molecule has 25 heavy (non-hydrogen) atoms. The van der Waals surface area contributed by atoms with Crippen molar-refractivity contribution in [3.63, 3.8) is 0 Å². The average molecular weight is 366 g/mol. The molecule has 4 nitrogen and oxygen atoms in total. The molecule has 1 aliphatic heterocycles. The third-order valence-corrected chi connectivity index (χ3v) is 5.28. The van der Waals surface area contributed by atoms with Crippen LogP contribution in [0.4, 0.5) is 0 Å². The predicted octanol–water partition coefficient (Wildman–Crippen LogP) is 3.29. The molecule has 0 spiro atoms. The molecule has 1 fully saturated rings. The lowest BCUT2D eigenvalue weighted by molar-refractivity contribution is -0.172. The van der Waals surface area contributed by atoms with Crippen molar-refractivity contribution in [3.8, 4) is 0 Å². The van der Waals surface area contributed by atoms with Crippen molar-refractivity contribution in [3.05, 3.63) is 47.5 Å². The number of carbonyl (C=O) groups is 1. The molecule has 3 rings (SSSR count). The van der Waals surface area contributed by atoms with Crippen LogP contribution in [-0.4, -0.2) is 42.7 Å². The van der Waals surface area contributed by atoms with E-state index in [4.69, 9.17) is 4.74 Å². The number of nitrogens with zero attached hydrogens (tertiary/aromatic N) is 1. The maximum Gasteiger partial charge on any atom is 0.343 e. The van der Waals surface area contributed by atoms with Crippen molar-refractivity contribution in [2.24, 2.45) is 5.92 Å². The van der Waals surface area contributed by atoms with Crippen LogP contribution in [0.25, 0.3) is 0 Å². The summed E-state index contributed by atoms with van der Waals surface area (Å²) in [5, 5.41) is 11.3. The summed E-state index contributed by atoms with van der Waals surface area (Å²) in [4.78, 5) is 15.1. The highest BCUT2D eigenvalue weighted by Gasteiger charge is 2.47. The van der Waals surface area contributed by atoms with Crippen LogP contribution < -0.4 is 0 Å². The van der Waals surface area contributed by atoms with Gasteiger partial charge in [-0.3, -0.25) is 0 Å². The highest BCUT2D eigenvalue weighted by Crippen LogP contribution is 2.41. The number of halogens is 1. The number of carbonyl (C=O) groups excluding carboxylic acids is 1. The molecule has 138 valence electrons. The zero-order chi connectivity index (χ0) is 17.0. The summed E-state index contributed by atoms with van der Waals surface area (Å²) in [5.74, 6) is -0.565. The van der Waals surface area contributed by atoms with Crippen molar-refractivity contribution in [2.45, 2.75) is 37.7 Å². The molecule has 1 unspecified atom stereocenters. The zero-order valence-electron chi connectivity index (χ0n) is 14.8. The van der Waals surface area contributed by atoms with E-state index in [1.165, 1.54) is 0 Å². The molecule has 1 heterocycles. The van der Waals surface area contributed by atoms with E-state index < -0.39 is 11.6 Å². The smallest absolute Gasteiger partial charge is 0.343 e. The SMILES string of the molecule is CN1CCC=C(COC(=O)C(O)(c2ccccc2)C2CCCC2)C1.Cl. The molecule has 1 N–H and O–H groups in total. The monoisotopic (exact) mass is 365 g/mol. The summed E-state index contributed by atoms with van der Waals surface area (Å²) in [6.07, 6.45) is 6.98. The molecular weight excluding hydrogens is 338 g/mol. The Bertz CT molecular complexity index is 598. The van der Waals surface area contributed by atoms with E-state index in [1.54, 1.807) is 0 Å². The van der Waals surface area contributed by atoms with Gasteiger partial charge in [-0.15, -0.1) is 12.4 Å². The van der Waals surface area contributed by atoms with Gasteiger partial charge >= 0.3 is 5.97 Å². The lowest BCUT2D eigenvalue weighted by atomic mass is 9.80. The Kier molecular flexibility index (Phi) is 7.05. The van der Waals surface area contributed by atoms with Crippen molar-refractivity contribution in [1.82, 2.24) is 4.90 Å². The zero-order valence-corrected chi connectivity index (χ0v) is 15.6. The van der Waals surface area contributed by atoms with Gasteiger partial charge in [-0.25, -0.2) is 4.79 Å². The number of aliphatic hydroxyl groups is 1. The number of ether oxygens (including phenoxy) is 1. The maximum atomic E-state index is 12.9. The van der Waals surface area contributed by atoms with E-state index in [2.05, 4.69) is 18.0 Å². The lowest BCUT2D eigenvalue weighted by Crippen LogP contribution is -2.44. The molecule has 0 saturated heterocycles. The lowest BCUT2D eigenvalue weighted by Gasteiger charge is -2.32. The summed E-state index contributed by atoms with van der Waals surface area (Å²) in [7, 11) is 2.06. The molecule has 1 aromatic rings. The van der Waals surface area contributed by atoms with Crippen molar-refractivity contribution in [1.29, 1.82) is 0 Å². The molecule has 1 saturated carbocycles. The van der Waals surface area contributed by atoms with E-state index in [-0.39, 0.29) is 24.9 Å². The first-order valence-electron chi connectivity index (χ1n) is 8.92. The number of esters is 1. The molecular formula is C20H28ClNO3. The Hall–Kier alpha value is -1.36. The van der Waals surface area contributed by atoms with Crippen LogP contribution in [0.15, 0.2) is 42.0 Å². The minimum absolute atomic E-state index is 0. The fourth-order valence-electron chi connectivity index (χ4n) is 3.91. The first kappa shape index (κ1) is 20.0. The average Bonchev–Trinajstić information content (AvgIpc) is 3.15. The van der Waals surface area contributed by atoms with Crippen LogP contribution in [0.2, 0.25) is 0 Å². The molecule has 1 aliphatic carbocycles. The summed E-state index contributed by atoms with van der Waals surface area (Å²) in [5.41, 5.74) is 0.231. The third-order valence-electron chi connectivity index (χ3n) is 5.28. The van der Waals surface area contributed by atoms with Crippen LogP contribution in [-0.2, 0) is 15.1 Å². The van der Waals surface area contributed by atoms with E-state index in [9.17, 15) is 9.90 Å². The number of hydrogen-bond acceptors (Lipinski definition) is 4. The predicted molar refractivity (Wildman–Crippen MR) is 101 cm³/mol. The van der Waals surface area contributed by atoms with Crippen molar-refractivity contribution in [2.75, 3.05) is 26.7 Å². The minimum Gasteiger partial charge on any atom is -0.459 e. The Labute approximate surface area is 156 Å². The fourth-order valence-corrected chi connectivity index (χ4v) is 3.91. The second-order valence-corrected chi connectivity index (χ2v) is 7.08. The van der Waals surface area contributed by atoms with Gasteiger partial charge in [0, 0.05) is 19.0 Å². The van der Waals surface area contributed by atoms with Gasteiger partial charge in [0.15, 0.2) is 5.60 Å². The normalized spacial score (nSPS) is 21.1. The number of rotatable bonds is 5. The summed E-state index contributed by atoms with van der Waals surface area (Å²) in [6.45, 7) is 2.12. The summed E-state index contributed by atoms with van der Waals surface area (Å²) >= 11 is 0. The van der Waals surface area contributed by atoms with Gasteiger partial charge in [0.25, 0.3) is 0 Å². The van der Waals surface area contributed by atoms with Gasteiger partial charge < -0.3 is 14.7 Å². The van der Waals surface area contributed by atoms with Crippen LogP contribution in [0.1, 0.15) is 37.7 Å². The second-order valence-electron chi connectivity index (χ2n) is 7.08. The number of hydrogen-bond donors (Lipinski definition) is 1. The largest absolute Gasteiger partial charge is 0.459 e. The summed E-state index contributed by atoms with van der Waals surface area (Å²) in [6, 6.07) is 9.27. The van der Waals surface area contributed by atoms with E-state index in [0.29, 0.717) is 5.56 Å². The molecule has 0 aromatic heterocycles. The van der Waals surface area contributed by atoms with Crippen LogP contribution >= 0.6 is 12.4 Å². The Morgan fingerprint density at radius 1 is 1.28 bits per heavy atom. The van der Waals surface area contributed by atoms with Gasteiger partial charge in [0.2, 0.25) is 0 Å². The molecule has 0 radical (unpaired) electrons. The second kappa shape index (κ2) is 8.84. The first-order chi connectivity index (χ1) is 11.6. The van der Waals surface area contributed by atoms with E-state index in [0.717, 1.165) is 50.8 Å². The molecule has 0 bridgehead atoms. The van der Waals surface area contributed by atoms with E-state index in [1.807, 2.05) is 30.3 Å². The third kappa shape index (κ3) is 4.43. The van der Waals surface area contributed by atoms with Gasteiger partial charge in [0.05, 0.1) is 0 Å². The van der Waals surface area contributed by atoms with Crippen LogP contribution in [0.5, 0.6) is 0 Å². The molecule has 2 aliphatic rings. The fraction of sp³-hybridized carbons (Fsp3) is 0.550. The Balaban J connectivity index is 0.00000225. The molecule has 1 aromatic carbocycles. The number of likely N-dealkylation sites (N-methyl/N-ethyl adjacent to an activating group) is 1. The van der Waals surface area contributed by atoms with Gasteiger partial charge in [-0.1, -0.05) is 49.2 Å². The molecule has 1 atom stereocenters. The minimum atomic E-state index is -1.53. The quantitative estimate of drug-likeness (QED) is 0.642. The van der Waals surface area contributed by atoms with E-state index >= 15 is 0 Å². The Morgan fingerprint density at radius 3 is 2.60 bits per heavy atom.